The molecule has 6 heteroatoms. The topological polar surface area (TPSA) is 85.5 Å². The molecule has 0 unspecified atom stereocenters. The number of aromatic nitrogens is 1. The molecule has 3 aromatic rings. The van der Waals surface area contributed by atoms with Crippen LogP contribution in [-0.4, -0.2) is 35.9 Å². The molecule has 0 fully saturated rings. The van der Waals surface area contributed by atoms with Crippen LogP contribution in [0.3, 0.4) is 0 Å². The molecule has 144 valence electrons. The molecular formula is C22H21NO5. The first-order valence-corrected chi connectivity index (χ1v) is 8.85. The number of methoxy groups -OCH3 is 1. The van der Waals surface area contributed by atoms with Crippen molar-refractivity contribution in [2.45, 2.75) is 26.9 Å². The molecule has 0 aliphatic heterocycles. The highest BCUT2D eigenvalue weighted by atomic mass is 16.5. The van der Waals surface area contributed by atoms with E-state index in [1.165, 1.54) is 14.0 Å². The smallest absolute Gasteiger partial charge is 0.339 e. The molecule has 0 radical (unpaired) electrons. The van der Waals surface area contributed by atoms with Crippen LogP contribution in [-0.2, 0) is 9.47 Å². The number of rotatable bonds is 5. The van der Waals surface area contributed by atoms with Gasteiger partial charge >= 0.3 is 11.9 Å². The summed E-state index contributed by atoms with van der Waals surface area (Å²) in [5.74, 6) is -1.52. The predicted octanol–water partition coefficient (Wildman–Crippen LogP) is 4.00. The Morgan fingerprint density at radius 2 is 1.64 bits per heavy atom. The van der Waals surface area contributed by atoms with Gasteiger partial charge in [-0.25, -0.2) is 9.59 Å². The highest BCUT2D eigenvalue weighted by Gasteiger charge is 2.27. The Labute approximate surface area is 162 Å². The molecule has 0 saturated carbocycles. The van der Waals surface area contributed by atoms with E-state index in [2.05, 4.69) is 4.98 Å². The van der Waals surface area contributed by atoms with Gasteiger partial charge in [-0.3, -0.25) is 4.79 Å². The van der Waals surface area contributed by atoms with Crippen LogP contribution in [0.25, 0.3) is 10.8 Å². The van der Waals surface area contributed by atoms with Crippen LogP contribution in [0.2, 0.25) is 0 Å². The third-order valence-electron chi connectivity index (χ3n) is 4.71. The minimum absolute atomic E-state index is 0.233. The van der Waals surface area contributed by atoms with E-state index in [1.54, 1.807) is 26.0 Å². The van der Waals surface area contributed by atoms with Crippen LogP contribution < -0.4 is 0 Å². The Morgan fingerprint density at radius 3 is 2.32 bits per heavy atom. The average Bonchev–Trinajstić information content (AvgIpc) is 3.00. The lowest BCUT2D eigenvalue weighted by molar-refractivity contribution is 0.0317. The molecule has 0 aliphatic rings. The fraction of sp³-hybridized carbons (Fsp3) is 0.227. The van der Waals surface area contributed by atoms with E-state index in [0.717, 1.165) is 10.8 Å². The third-order valence-corrected chi connectivity index (χ3v) is 4.71. The molecular weight excluding hydrogens is 358 g/mol. The van der Waals surface area contributed by atoms with Gasteiger partial charge in [0.05, 0.1) is 23.9 Å². The summed E-state index contributed by atoms with van der Waals surface area (Å²) in [7, 11) is 1.28. The second-order valence-corrected chi connectivity index (χ2v) is 6.59. The van der Waals surface area contributed by atoms with Crippen molar-refractivity contribution < 1.29 is 23.9 Å². The highest BCUT2D eigenvalue weighted by molar-refractivity contribution is 6.05. The lowest BCUT2D eigenvalue weighted by atomic mass is 10.1. The first-order valence-electron chi connectivity index (χ1n) is 8.85. The summed E-state index contributed by atoms with van der Waals surface area (Å²) in [4.78, 5) is 40.0. The van der Waals surface area contributed by atoms with Gasteiger partial charge in [0.2, 0.25) is 5.78 Å². The van der Waals surface area contributed by atoms with Gasteiger partial charge in [-0.15, -0.1) is 0 Å². The van der Waals surface area contributed by atoms with Crippen molar-refractivity contribution in [3.8, 4) is 0 Å². The normalized spacial score (nSPS) is 11.9. The average molecular weight is 379 g/mol. The zero-order chi connectivity index (χ0) is 20.4. The van der Waals surface area contributed by atoms with E-state index in [4.69, 9.17) is 9.47 Å². The fourth-order valence-corrected chi connectivity index (χ4v) is 3.21. The van der Waals surface area contributed by atoms with Crippen molar-refractivity contribution in [3.63, 3.8) is 0 Å². The lowest BCUT2D eigenvalue weighted by Gasteiger charge is -2.12. The van der Waals surface area contributed by atoms with Crippen molar-refractivity contribution in [2.24, 2.45) is 0 Å². The first kappa shape index (κ1) is 19.4. The number of nitrogens with one attached hydrogen (secondary N) is 1. The molecule has 0 bridgehead atoms. The molecule has 1 atom stereocenters. The summed E-state index contributed by atoms with van der Waals surface area (Å²) in [5.41, 5.74) is 1.92. The van der Waals surface area contributed by atoms with Crippen molar-refractivity contribution in [1.82, 2.24) is 4.98 Å². The number of hydrogen-bond donors (Lipinski definition) is 1. The molecule has 0 spiro atoms. The third kappa shape index (κ3) is 3.53. The summed E-state index contributed by atoms with van der Waals surface area (Å²) in [5, 5.41) is 1.92. The van der Waals surface area contributed by atoms with E-state index >= 15 is 0 Å². The van der Waals surface area contributed by atoms with Gasteiger partial charge in [-0.2, -0.15) is 0 Å². The second kappa shape index (κ2) is 7.68. The minimum Gasteiger partial charge on any atom is -0.465 e. The van der Waals surface area contributed by atoms with Crippen molar-refractivity contribution in [1.29, 1.82) is 0 Å². The Kier molecular flexibility index (Phi) is 5.31. The lowest BCUT2D eigenvalue weighted by Crippen LogP contribution is -2.25. The van der Waals surface area contributed by atoms with Crippen LogP contribution in [0, 0.1) is 13.8 Å². The number of H-pyrrole nitrogens is 1. The van der Waals surface area contributed by atoms with Gasteiger partial charge in [0.25, 0.3) is 0 Å². The van der Waals surface area contributed by atoms with Crippen LogP contribution >= 0.6 is 0 Å². The molecule has 1 aromatic heterocycles. The van der Waals surface area contributed by atoms with Crippen molar-refractivity contribution >= 4 is 28.5 Å². The maximum Gasteiger partial charge on any atom is 0.339 e. The van der Waals surface area contributed by atoms with Crippen LogP contribution in [0.1, 0.15) is 49.4 Å². The fourth-order valence-electron chi connectivity index (χ4n) is 3.21. The molecule has 0 saturated heterocycles. The maximum absolute atomic E-state index is 12.8. The molecule has 28 heavy (non-hydrogen) atoms. The number of fused-ring (bicyclic) bond motifs is 1. The number of carbonyl (C=O) groups excluding carboxylic acids is 3. The maximum atomic E-state index is 12.8. The van der Waals surface area contributed by atoms with Gasteiger partial charge in [-0.1, -0.05) is 30.3 Å². The molecule has 6 nitrogen and oxygen atoms in total. The highest BCUT2D eigenvalue weighted by Crippen LogP contribution is 2.22. The molecule has 1 heterocycles. The largest absolute Gasteiger partial charge is 0.465 e. The van der Waals surface area contributed by atoms with Crippen molar-refractivity contribution in [3.05, 3.63) is 70.5 Å². The van der Waals surface area contributed by atoms with Crippen LogP contribution in [0.4, 0.5) is 0 Å². The van der Waals surface area contributed by atoms with E-state index in [-0.39, 0.29) is 5.69 Å². The number of aryl methyl sites for hydroxylation is 1. The predicted molar refractivity (Wildman–Crippen MR) is 105 cm³/mol. The monoisotopic (exact) mass is 379 g/mol. The second-order valence-electron chi connectivity index (χ2n) is 6.59. The van der Waals surface area contributed by atoms with E-state index in [1.807, 2.05) is 30.3 Å². The number of benzene rings is 2. The molecule has 2 aromatic carbocycles. The standard InChI is InChI=1S/C22H21NO5/c1-12-18(22(26)27-4)13(2)23-19(12)20(24)14(3)28-21(25)17-10-9-15-7-5-6-8-16(15)11-17/h5-11,14,23H,1-4H3/t14-/m1/s1. The molecule has 1 N–H and O–H groups in total. The number of ketones is 1. The number of esters is 2. The number of hydrogen-bond acceptors (Lipinski definition) is 5. The van der Waals surface area contributed by atoms with Gasteiger partial charge in [0.1, 0.15) is 0 Å². The van der Waals surface area contributed by atoms with Gasteiger partial charge in [-0.05, 0) is 49.2 Å². The SMILES string of the molecule is COC(=O)c1c(C)[nH]c(C(=O)[C@@H](C)OC(=O)c2ccc3ccccc3c2)c1C. The summed E-state index contributed by atoms with van der Waals surface area (Å²) < 4.78 is 10.1. The summed E-state index contributed by atoms with van der Waals surface area (Å²) in [6.07, 6.45) is -1.01. The van der Waals surface area contributed by atoms with Gasteiger partial charge < -0.3 is 14.5 Å². The summed E-state index contributed by atoms with van der Waals surface area (Å²) in [6, 6.07) is 12.9. The summed E-state index contributed by atoms with van der Waals surface area (Å²) in [6.45, 7) is 4.84. The van der Waals surface area contributed by atoms with Gasteiger partial charge in [0, 0.05) is 5.69 Å². The molecule has 0 aliphatic carbocycles. The Hall–Kier alpha value is -3.41. The summed E-state index contributed by atoms with van der Waals surface area (Å²) >= 11 is 0. The van der Waals surface area contributed by atoms with E-state index in [0.29, 0.717) is 22.4 Å². The van der Waals surface area contributed by atoms with Crippen LogP contribution in [0.5, 0.6) is 0 Å². The van der Waals surface area contributed by atoms with E-state index in [9.17, 15) is 14.4 Å². The minimum atomic E-state index is -1.01. The van der Waals surface area contributed by atoms with E-state index < -0.39 is 23.8 Å². The number of ether oxygens (including phenoxy) is 2. The molecule has 3 rings (SSSR count). The number of carbonyl (C=O) groups is 3. The van der Waals surface area contributed by atoms with Crippen molar-refractivity contribution in [2.75, 3.05) is 7.11 Å². The number of Topliss-reactive ketones (excluding diaryl/α,β-unsaturated/α-hetero) is 1. The Balaban J connectivity index is 1.80. The number of aromatic amines is 1. The molecule has 0 amide bonds. The quantitative estimate of drug-likeness (QED) is 0.535. The zero-order valence-corrected chi connectivity index (χ0v) is 16.2. The van der Waals surface area contributed by atoms with Gasteiger partial charge in [0.15, 0.2) is 6.10 Å². The van der Waals surface area contributed by atoms with Crippen LogP contribution in [0.15, 0.2) is 42.5 Å². The Morgan fingerprint density at radius 1 is 0.964 bits per heavy atom. The first-order chi connectivity index (χ1) is 13.3. The zero-order valence-electron chi connectivity index (χ0n) is 16.2. The Bertz CT molecular complexity index is 1080.